The fourth-order valence-electron chi connectivity index (χ4n) is 1.94. The second kappa shape index (κ2) is 4.63. The number of nitrogens with zero attached hydrogens (tertiary/aromatic N) is 2. The largest absolute Gasteiger partial charge is 0.296 e. The van der Waals surface area contributed by atoms with E-state index in [2.05, 4.69) is 4.98 Å². The zero-order valence-electron chi connectivity index (χ0n) is 9.85. The Morgan fingerprint density at radius 2 is 2.11 bits per heavy atom. The summed E-state index contributed by atoms with van der Waals surface area (Å²) in [6.45, 7) is 1.98. The summed E-state index contributed by atoms with van der Waals surface area (Å²) in [6, 6.07) is 5.23. The molecule has 0 amide bonds. The summed E-state index contributed by atoms with van der Waals surface area (Å²) < 4.78 is 1.80. The Morgan fingerprint density at radius 3 is 2.79 bits per heavy atom. The standard InChI is InChI=1S/C13H8Cl2N2OS/c1-7-5-17-11(6-18)12(16-13(17)19-7)8-2-3-9(14)10(15)4-8/h2-6H,1H3. The minimum Gasteiger partial charge on any atom is -0.296 e. The number of aromatic nitrogens is 2. The molecule has 0 fully saturated rings. The second-order valence-electron chi connectivity index (χ2n) is 4.09. The molecule has 6 heteroatoms. The number of thiazole rings is 1. The van der Waals surface area contributed by atoms with Crippen LogP contribution in [0.4, 0.5) is 0 Å². The summed E-state index contributed by atoms with van der Waals surface area (Å²) in [5.41, 5.74) is 1.93. The van der Waals surface area contributed by atoms with Crippen LogP contribution < -0.4 is 0 Å². The van der Waals surface area contributed by atoms with E-state index in [4.69, 9.17) is 23.2 Å². The zero-order valence-corrected chi connectivity index (χ0v) is 12.2. The molecule has 0 unspecified atom stereocenters. The normalized spacial score (nSPS) is 11.1. The van der Waals surface area contributed by atoms with Gasteiger partial charge in [-0.1, -0.05) is 29.3 Å². The number of carbonyl (C=O) groups is 1. The van der Waals surface area contributed by atoms with Crippen LogP contribution in [0.3, 0.4) is 0 Å². The average molecular weight is 311 g/mol. The molecule has 3 nitrogen and oxygen atoms in total. The van der Waals surface area contributed by atoms with Crippen LogP contribution >= 0.6 is 34.5 Å². The summed E-state index contributed by atoms with van der Waals surface area (Å²) in [7, 11) is 0. The van der Waals surface area contributed by atoms with Gasteiger partial charge in [-0.25, -0.2) is 4.98 Å². The number of carbonyl (C=O) groups excluding carboxylic acids is 1. The fourth-order valence-corrected chi connectivity index (χ4v) is 3.07. The molecule has 2 aromatic heterocycles. The topological polar surface area (TPSA) is 34.4 Å². The third kappa shape index (κ3) is 2.06. The van der Waals surface area contributed by atoms with Gasteiger partial charge < -0.3 is 0 Å². The summed E-state index contributed by atoms with van der Waals surface area (Å²) in [4.78, 5) is 17.7. The van der Waals surface area contributed by atoms with Crippen LogP contribution in [0.1, 0.15) is 15.4 Å². The molecule has 3 aromatic rings. The van der Waals surface area contributed by atoms with E-state index in [1.165, 1.54) is 11.3 Å². The monoisotopic (exact) mass is 310 g/mol. The maximum absolute atomic E-state index is 11.3. The Hall–Kier alpha value is -1.36. The van der Waals surface area contributed by atoms with Crippen molar-refractivity contribution in [2.24, 2.45) is 0 Å². The highest BCUT2D eigenvalue weighted by atomic mass is 35.5. The molecule has 3 rings (SSSR count). The molecule has 0 spiro atoms. The third-order valence-corrected chi connectivity index (χ3v) is 4.42. The zero-order chi connectivity index (χ0) is 13.6. The Balaban J connectivity index is 2.26. The lowest BCUT2D eigenvalue weighted by atomic mass is 10.1. The van der Waals surface area contributed by atoms with Crippen LogP contribution in [0, 0.1) is 6.92 Å². The smallest absolute Gasteiger partial charge is 0.195 e. The van der Waals surface area contributed by atoms with E-state index in [1.807, 2.05) is 13.1 Å². The van der Waals surface area contributed by atoms with Gasteiger partial charge in [0.2, 0.25) is 0 Å². The number of benzene rings is 1. The van der Waals surface area contributed by atoms with Gasteiger partial charge in [0.15, 0.2) is 11.2 Å². The summed E-state index contributed by atoms with van der Waals surface area (Å²) in [5, 5.41) is 0.929. The van der Waals surface area contributed by atoms with Gasteiger partial charge >= 0.3 is 0 Å². The van der Waals surface area contributed by atoms with E-state index in [-0.39, 0.29) is 0 Å². The summed E-state index contributed by atoms with van der Waals surface area (Å²) in [6.07, 6.45) is 2.71. The fraction of sp³-hybridized carbons (Fsp3) is 0.0769. The van der Waals surface area contributed by atoms with Crippen LogP contribution in [0.5, 0.6) is 0 Å². The molecule has 0 bridgehead atoms. The highest BCUT2D eigenvalue weighted by molar-refractivity contribution is 7.17. The number of aryl methyl sites for hydroxylation is 1. The molecular formula is C13H8Cl2N2OS. The molecule has 19 heavy (non-hydrogen) atoms. The number of imidazole rings is 1. The summed E-state index contributed by atoms with van der Waals surface area (Å²) >= 11 is 13.4. The van der Waals surface area contributed by atoms with E-state index < -0.39 is 0 Å². The molecule has 0 saturated heterocycles. The highest BCUT2D eigenvalue weighted by Gasteiger charge is 2.16. The third-order valence-electron chi connectivity index (χ3n) is 2.78. The first-order valence-electron chi connectivity index (χ1n) is 5.49. The lowest BCUT2D eigenvalue weighted by Gasteiger charge is -2.01. The first-order chi connectivity index (χ1) is 9.10. The molecular weight excluding hydrogens is 303 g/mol. The molecule has 0 N–H and O–H groups in total. The van der Waals surface area contributed by atoms with E-state index >= 15 is 0 Å². The lowest BCUT2D eigenvalue weighted by Crippen LogP contribution is -1.90. The molecule has 0 atom stereocenters. The lowest BCUT2D eigenvalue weighted by molar-refractivity contribution is 0.111. The number of hydrogen-bond acceptors (Lipinski definition) is 3. The number of halogens is 2. The van der Waals surface area contributed by atoms with Crippen LogP contribution in [-0.4, -0.2) is 15.7 Å². The van der Waals surface area contributed by atoms with Gasteiger partial charge in [0.25, 0.3) is 0 Å². The van der Waals surface area contributed by atoms with E-state index in [0.29, 0.717) is 21.4 Å². The van der Waals surface area contributed by atoms with Gasteiger partial charge in [0.1, 0.15) is 11.4 Å². The molecule has 0 aliphatic heterocycles. The van der Waals surface area contributed by atoms with Crippen LogP contribution in [-0.2, 0) is 0 Å². The van der Waals surface area contributed by atoms with Crippen molar-refractivity contribution in [2.45, 2.75) is 6.92 Å². The quantitative estimate of drug-likeness (QED) is 0.653. The maximum atomic E-state index is 11.3. The molecule has 0 aliphatic carbocycles. The van der Waals surface area contributed by atoms with Gasteiger partial charge in [-0.05, 0) is 19.1 Å². The highest BCUT2D eigenvalue weighted by Crippen LogP contribution is 2.31. The van der Waals surface area contributed by atoms with Crippen molar-refractivity contribution in [2.75, 3.05) is 0 Å². The molecule has 1 aromatic carbocycles. The minimum atomic E-state index is 0.448. The van der Waals surface area contributed by atoms with Crippen molar-refractivity contribution in [1.82, 2.24) is 9.38 Å². The SMILES string of the molecule is Cc1cn2c(C=O)c(-c3ccc(Cl)c(Cl)c3)nc2s1. The van der Waals surface area contributed by atoms with E-state index in [0.717, 1.165) is 21.7 Å². The Labute approximate surface area is 123 Å². The van der Waals surface area contributed by atoms with Crippen LogP contribution in [0.25, 0.3) is 16.2 Å². The van der Waals surface area contributed by atoms with Crippen LogP contribution in [0.2, 0.25) is 10.0 Å². The number of rotatable bonds is 2. The van der Waals surface area contributed by atoms with Crippen molar-refractivity contribution >= 4 is 45.8 Å². The summed E-state index contributed by atoms with van der Waals surface area (Å²) in [5.74, 6) is 0. The molecule has 2 heterocycles. The van der Waals surface area contributed by atoms with Gasteiger partial charge in [-0.2, -0.15) is 0 Å². The second-order valence-corrected chi connectivity index (χ2v) is 6.11. The van der Waals surface area contributed by atoms with Crippen molar-refractivity contribution in [1.29, 1.82) is 0 Å². The van der Waals surface area contributed by atoms with Gasteiger partial charge in [0, 0.05) is 16.6 Å². The van der Waals surface area contributed by atoms with E-state index in [9.17, 15) is 4.79 Å². The first kappa shape index (κ1) is 12.7. The number of hydrogen-bond donors (Lipinski definition) is 0. The first-order valence-corrected chi connectivity index (χ1v) is 7.06. The maximum Gasteiger partial charge on any atom is 0.195 e. The Bertz CT molecular complexity index is 791. The average Bonchev–Trinajstić information content (AvgIpc) is 2.88. The molecule has 0 aliphatic rings. The van der Waals surface area contributed by atoms with E-state index in [1.54, 1.807) is 22.6 Å². The van der Waals surface area contributed by atoms with Gasteiger partial charge in [0.05, 0.1) is 10.0 Å². The Morgan fingerprint density at radius 1 is 1.32 bits per heavy atom. The van der Waals surface area contributed by atoms with Crippen molar-refractivity contribution < 1.29 is 4.79 Å². The number of aldehydes is 1. The van der Waals surface area contributed by atoms with Crippen molar-refractivity contribution in [3.8, 4) is 11.3 Å². The van der Waals surface area contributed by atoms with Crippen LogP contribution in [0.15, 0.2) is 24.4 Å². The minimum absolute atomic E-state index is 0.448. The molecule has 96 valence electrons. The predicted molar refractivity (Wildman–Crippen MR) is 78.6 cm³/mol. The predicted octanol–water partition coefficient (Wildman–Crippen LogP) is 4.49. The number of fused-ring (bicyclic) bond motifs is 1. The molecule has 0 saturated carbocycles. The van der Waals surface area contributed by atoms with Crippen molar-refractivity contribution in [3.63, 3.8) is 0 Å². The van der Waals surface area contributed by atoms with Crippen molar-refractivity contribution in [3.05, 3.63) is 45.0 Å². The Kier molecular flexibility index (Phi) is 3.09. The van der Waals surface area contributed by atoms with Gasteiger partial charge in [-0.3, -0.25) is 9.20 Å². The molecule has 0 radical (unpaired) electrons. The van der Waals surface area contributed by atoms with Gasteiger partial charge in [-0.15, -0.1) is 11.3 Å².